The Morgan fingerprint density at radius 1 is 1.24 bits per heavy atom. The van der Waals surface area contributed by atoms with Crippen molar-refractivity contribution in [2.75, 3.05) is 12.4 Å². The molecule has 1 aromatic heterocycles. The maximum Gasteiger partial charge on any atom is 0.172 e. The van der Waals surface area contributed by atoms with Gasteiger partial charge in [-0.1, -0.05) is 12.1 Å². The number of rotatable bonds is 4. The number of aromatic nitrogens is 1. The Labute approximate surface area is 130 Å². The van der Waals surface area contributed by atoms with Crippen molar-refractivity contribution in [2.45, 2.75) is 19.9 Å². The highest BCUT2D eigenvalue weighted by atomic mass is 32.1. The van der Waals surface area contributed by atoms with Gasteiger partial charge >= 0.3 is 0 Å². The molecule has 2 aromatic rings. The molecule has 0 saturated heterocycles. The average Bonchev–Trinajstić information content (AvgIpc) is 2.47. The van der Waals surface area contributed by atoms with Crippen molar-refractivity contribution in [3.8, 4) is 5.75 Å². The Kier molecular flexibility index (Phi) is 5.11. The maximum atomic E-state index is 5.32. The summed E-state index contributed by atoms with van der Waals surface area (Å²) in [6.07, 6.45) is 1.76. The zero-order chi connectivity index (χ0) is 15.2. The van der Waals surface area contributed by atoms with E-state index in [1.54, 1.807) is 13.3 Å². The van der Waals surface area contributed by atoms with Crippen LogP contribution in [0.4, 0.5) is 5.82 Å². The fraction of sp³-hybridized carbons (Fsp3) is 0.250. The fourth-order valence-electron chi connectivity index (χ4n) is 1.93. The predicted octanol–water partition coefficient (Wildman–Crippen LogP) is 3.45. The van der Waals surface area contributed by atoms with Gasteiger partial charge in [0.25, 0.3) is 0 Å². The standard InChI is InChI=1S/C16H19N3OS/c1-11-8-9-17-15(10-11)19-16(21)18-12(2)13-4-6-14(20-3)7-5-13/h4-10,12H,1-3H3,(H2,17,18,19,21)/t12-/m1/s1. The summed E-state index contributed by atoms with van der Waals surface area (Å²) < 4.78 is 5.15. The first kappa shape index (κ1) is 15.3. The van der Waals surface area contributed by atoms with Crippen LogP contribution in [0.5, 0.6) is 5.75 Å². The molecule has 1 atom stereocenters. The van der Waals surface area contributed by atoms with E-state index in [4.69, 9.17) is 17.0 Å². The van der Waals surface area contributed by atoms with Gasteiger partial charge in [0.05, 0.1) is 13.2 Å². The number of hydrogen-bond donors (Lipinski definition) is 2. The third kappa shape index (κ3) is 4.43. The number of anilines is 1. The molecule has 2 rings (SSSR count). The molecular formula is C16H19N3OS. The Balaban J connectivity index is 1.95. The maximum absolute atomic E-state index is 5.32. The Hall–Kier alpha value is -2.14. The molecule has 0 fully saturated rings. The SMILES string of the molecule is COc1ccc([C@@H](C)NC(=S)Nc2cc(C)ccn2)cc1. The van der Waals surface area contributed by atoms with Crippen LogP contribution in [0.1, 0.15) is 24.1 Å². The monoisotopic (exact) mass is 301 g/mol. The highest BCUT2D eigenvalue weighted by molar-refractivity contribution is 7.80. The lowest BCUT2D eigenvalue weighted by Crippen LogP contribution is -2.31. The van der Waals surface area contributed by atoms with Gasteiger partial charge in [-0.2, -0.15) is 0 Å². The molecule has 4 nitrogen and oxygen atoms in total. The molecule has 0 aliphatic heterocycles. The topological polar surface area (TPSA) is 46.2 Å². The second-order valence-corrected chi connectivity index (χ2v) is 5.22. The van der Waals surface area contributed by atoms with E-state index in [1.165, 1.54) is 0 Å². The molecule has 1 aromatic carbocycles. The second-order valence-electron chi connectivity index (χ2n) is 4.81. The van der Waals surface area contributed by atoms with Crippen LogP contribution in [0.25, 0.3) is 0 Å². The molecular weight excluding hydrogens is 282 g/mol. The summed E-state index contributed by atoms with van der Waals surface area (Å²) in [4.78, 5) is 4.23. The molecule has 0 bridgehead atoms. The minimum absolute atomic E-state index is 0.0979. The minimum atomic E-state index is 0.0979. The highest BCUT2D eigenvalue weighted by Crippen LogP contribution is 2.17. The molecule has 5 heteroatoms. The first-order chi connectivity index (χ1) is 10.1. The largest absolute Gasteiger partial charge is 0.497 e. The van der Waals surface area contributed by atoms with Gasteiger partial charge in [0.1, 0.15) is 11.6 Å². The predicted molar refractivity (Wildman–Crippen MR) is 89.7 cm³/mol. The Morgan fingerprint density at radius 2 is 1.95 bits per heavy atom. The summed E-state index contributed by atoms with van der Waals surface area (Å²) in [5, 5.41) is 6.88. The van der Waals surface area contributed by atoms with E-state index < -0.39 is 0 Å². The molecule has 1 heterocycles. The van der Waals surface area contributed by atoms with Gasteiger partial charge in [-0.15, -0.1) is 0 Å². The van der Waals surface area contributed by atoms with Crippen LogP contribution in [0.15, 0.2) is 42.6 Å². The third-order valence-electron chi connectivity index (χ3n) is 3.12. The van der Waals surface area contributed by atoms with E-state index >= 15 is 0 Å². The molecule has 0 spiro atoms. The smallest absolute Gasteiger partial charge is 0.172 e. The zero-order valence-electron chi connectivity index (χ0n) is 12.4. The van der Waals surface area contributed by atoms with Crippen LogP contribution in [-0.2, 0) is 0 Å². The number of hydrogen-bond acceptors (Lipinski definition) is 3. The van der Waals surface area contributed by atoms with Crippen LogP contribution in [0, 0.1) is 6.92 Å². The van der Waals surface area contributed by atoms with Crippen LogP contribution in [-0.4, -0.2) is 17.2 Å². The lowest BCUT2D eigenvalue weighted by molar-refractivity contribution is 0.414. The third-order valence-corrected chi connectivity index (χ3v) is 3.34. The van der Waals surface area contributed by atoms with Crippen molar-refractivity contribution >= 4 is 23.1 Å². The summed E-state index contributed by atoms with van der Waals surface area (Å²) in [7, 11) is 1.66. The lowest BCUT2D eigenvalue weighted by Gasteiger charge is -2.17. The zero-order valence-corrected chi connectivity index (χ0v) is 13.2. The summed E-state index contributed by atoms with van der Waals surface area (Å²) in [5.41, 5.74) is 2.27. The van der Waals surface area contributed by atoms with Crippen LogP contribution in [0.2, 0.25) is 0 Å². The van der Waals surface area contributed by atoms with E-state index in [1.807, 2.05) is 43.3 Å². The summed E-state index contributed by atoms with van der Waals surface area (Å²) in [6.45, 7) is 4.07. The number of benzene rings is 1. The van der Waals surface area contributed by atoms with Crippen molar-refractivity contribution < 1.29 is 4.74 Å². The van der Waals surface area contributed by atoms with Crippen molar-refractivity contribution in [3.05, 3.63) is 53.7 Å². The second kappa shape index (κ2) is 7.04. The Bertz CT molecular complexity index is 613. The first-order valence-corrected chi connectivity index (χ1v) is 7.13. The van der Waals surface area contributed by atoms with Gasteiger partial charge in [-0.25, -0.2) is 4.98 Å². The number of thiocarbonyl (C=S) groups is 1. The summed E-state index contributed by atoms with van der Waals surface area (Å²) in [6, 6.07) is 11.9. The van der Waals surface area contributed by atoms with Crippen molar-refractivity contribution in [2.24, 2.45) is 0 Å². The number of nitrogens with one attached hydrogen (secondary N) is 2. The Morgan fingerprint density at radius 3 is 2.57 bits per heavy atom. The normalized spacial score (nSPS) is 11.6. The lowest BCUT2D eigenvalue weighted by atomic mass is 10.1. The van der Waals surface area contributed by atoms with Gasteiger partial charge in [0, 0.05) is 6.20 Å². The van der Waals surface area contributed by atoms with E-state index in [2.05, 4.69) is 22.5 Å². The fourth-order valence-corrected chi connectivity index (χ4v) is 2.21. The molecule has 0 amide bonds. The quantitative estimate of drug-likeness (QED) is 0.847. The van der Waals surface area contributed by atoms with E-state index in [9.17, 15) is 0 Å². The minimum Gasteiger partial charge on any atom is -0.497 e. The first-order valence-electron chi connectivity index (χ1n) is 6.72. The summed E-state index contributed by atoms with van der Waals surface area (Å²) in [5.74, 6) is 1.59. The van der Waals surface area contributed by atoms with Crippen LogP contribution in [0.3, 0.4) is 0 Å². The molecule has 21 heavy (non-hydrogen) atoms. The number of ether oxygens (including phenoxy) is 1. The molecule has 110 valence electrons. The number of nitrogens with zero attached hydrogens (tertiary/aromatic N) is 1. The number of methoxy groups -OCH3 is 1. The average molecular weight is 301 g/mol. The highest BCUT2D eigenvalue weighted by Gasteiger charge is 2.07. The van der Waals surface area contributed by atoms with Crippen molar-refractivity contribution in [1.29, 1.82) is 0 Å². The van der Waals surface area contributed by atoms with E-state index in [0.717, 1.165) is 22.7 Å². The number of aryl methyl sites for hydroxylation is 1. The van der Waals surface area contributed by atoms with Crippen LogP contribution < -0.4 is 15.4 Å². The van der Waals surface area contributed by atoms with E-state index in [0.29, 0.717) is 5.11 Å². The van der Waals surface area contributed by atoms with E-state index in [-0.39, 0.29) is 6.04 Å². The van der Waals surface area contributed by atoms with Crippen molar-refractivity contribution in [1.82, 2.24) is 10.3 Å². The van der Waals surface area contributed by atoms with Gasteiger partial charge in [0.15, 0.2) is 5.11 Å². The molecule has 0 aliphatic rings. The van der Waals surface area contributed by atoms with Gasteiger partial charge < -0.3 is 15.4 Å². The molecule has 0 radical (unpaired) electrons. The van der Waals surface area contributed by atoms with Gasteiger partial charge in [-0.3, -0.25) is 0 Å². The molecule has 0 saturated carbocycles. The van der Waals surface area contributed by atoms with Crippen LogP contribution >= 0.6 is 12.2 Å². The van der Waals surface area contributed by atoms with Crippen molar-refractivity contribution in [3.63, 3.8) is 0 Å². The number of pyridine rings is 1. The molecule has 0 unspecified atom stereocenters. The van der Waals surface area contributed by atoms with Gasteiger partial charge in [-0.05, 0) is 61.5 Å². The summed E-state index contributed by atoms with van der Waals surface area (Å²) >= 11 is 5.32. The van der Waals surface area contributed by atoms with Gasteiger partial charge in [0.2, 0.25) is 0 Å². The molecule has 2 N–H and O–H groups in total. The molecule has 0 aliphatic carbocycles.